The highest BCUT2D eigenvalue weighted by Gasteiger charge is 2.34. The highest BCUT2D eigenvalue weighted by atomic mass is 16.2. The number of carbonyl (C=O) groups is 3. The molecule has 1 saturated heterocycles. The van der Waals surface area contributed by atoms with Gasteiger partial charge in [-0.25, -0.2) is 0 Å². The van der Waals surface area contributed by atoms with Gasteiger partial charge in [0, 0.05) is 36.8 Å². The summed E-state index contributed by atoms with van der Waals surface area (Å²) >= 11 is 0. The van der Waals surface area contributed by atoms with Crippen LogP contribution in [0.4, 0.5) is 11.4 Å². The SMILES string of the molecule is CC(=O)Nc1ccc(C#CCNC(=O)C2CC(=O)N(c3ccc(C)cc3)C2)cc1. The van der Waals surface area contributed by atoms with Crippen LogP contribution < -0.4 is 15.5 Å². The standard InChI is InChI=1S/C23H23N3O3/c1-16-5-11-21(12-6-16)26-15-19(14-22(26)28)23(29)24-13-3-4-18-7-9-20(10-8-18)25-17(2)27/h5-12,19H,13-15H2,1-2H3,(H,24,29)(H,25,27). The monoisotopic (exact) mass is 389 g/mol. The van der Waals surface area contributed by atoms with Crippen molar-refractivity contribution in [3.63, 3.8) is 0 Å². The Morgan fingerprint density at radius 3 is 2.45 bits per heavy atom. The molecule has 2 aromatic rings. The van der Waals surface area contributed by atoms with Crippen molar-refractivity contribution in [2.24, 2.45) is 5.92 Å². The molecular weight excluding hydrogens is 366 g/mol. The summed E-state index contributed by atoms with van der Waals surface area (Å²) < 4.78 is 0. The van der Waals surface area contributed by atoms with E-state index in [1.165, 1.54) is 6.92 Å². The van der Waals surface area contributed by atoms with Crippen molar-refractivity contribution >= 4 is 29.1 Å². The first-order valence-electron chi connectivity index (χ1n) is 9.43. The maximum absolute atomic E-state index is 12.4. The molecule has 0 aromatic heterocycles. The van der Waals surface area contributed by atoms with Crippen LogP contribution in [-0.2, 0) is 14.4 Å². The number of aryl methyl sites for hydroxylation is 1. The van der Waals surface area contributed by atoms with Gasteiger partial charge in [-0.05, 0) is 43.3 Å². The third kappa shape index (κ3) is 5.45. The summed E-state index contributed by atoms with van der Waals surface area (Å²) in [6.07, 6.45) is 0.206. The van der Waals surface area contributed by atoms with Crippen molar-refractivity contribution in [1.29, 1.82) is 0 Å². The van der Waals surface area contributed by atoms with Gasteiger partial charge in [0.2, 0.25) is 17.7 Å². The van der Waals surface area contributed by atoms with Gasteiger partial charge in [0.25, 0.3) is 0 Å². The molecule has 1 fully saturated rings. The first kappa shape index (κ1) is 20.2. The van der Waals surface area contributed by atoms with Crippen molar-refractivity contribution in [3.8, 4) is 11.8 Å². The molecule has 2 aromatic carbocycles. The van der Waals surface area contributed by atoms with Crippen molar-refractivity contribution < 1.29 is 14.4 Å². The van der Waals surface area contributed by atoms with Crippen LogP contribution in [0.1, 0.15) is 24.5 Å². The van der Waals surface area contributed by atoms with Crippen LogP contribution in [0.5, 0.6) is 0 Å². The van der Waals surface area contributed by atoms with Crippen molar-refractivity contribution in [2.75, 3.05) is 23.3 Å². The molecule has 6 heteroatoms. The largest absolute Gasteiger partial charge is 0.345 e. The number of nitrogens with one attached hydrogen (secondary N) is 2. The molecule has 2 N–H and O–H groups in total. The zero-order valence-electron chi connectivity index (χ0n) is 16.5. The lowest BCUT2D eigenvalue weighted by molar-refractivity contribution is -0.126. The minimum atomic E-state index is -0.373. The van der Waals surface area contributed by atoms with Crippen LogP contribution in [-0.4, -0.2) is 30.8 Å². The highest BCUT2D eigenvalue weighted by Crippen LogP contribution is 2.25. The fraction of sp³-hybridized carbons (Fsp3) is 0.261. The van der Waals surface area contributed by atoms with Crippen molar-refractivity contribution in [3.05, 3.63) is 59.7 Å². The molecule has 6 nitrogen and oxygen atoms in total. The van der Waals surface area contributed by atoms with Gasteiger partial charge in [0.05, 0.1) is 12.5 Å². The molecule has 1 atom stereocenters. The molecule has 0 radical (unpaired) electrons. The summed E-state index contributed by atoms with van der Waals surface area (Å²) in [5.41, 5.74) is 3.44. The molecule has 1 aliphatic heterocycles. The van der Waals surface area contributed by atoms with Gasteiger partial charge in [-0.2, -0.15) is 0 Å². The van der Waals surface area contributed by atoms with Crippen molar-refractivity contribution in [2.45, 2.75) is 20.3 Å². The Kier molecular flexibility index (Phi) is 6.30. The quantitative estimate of drug-likeness (QED) is 0.789. The van der Waals surface area contributed by atoms with Crippen LogP contribution in [0, 0.1) is 24.7 Å². The second kappa shape index (κ2) is 9.07. The lowest BCUT2D eigenvalue weighted by atomic mass is 10.1. The molecule has 0 aliphatic carbocycles. The Balaban J connectivity index is 1.50. The smallest absolute Gasteiger partial charge is 0.227 e. The summed E-state index contributed by atoms with van der Waals surface area (Å²) in [7, 11) is 0. The molecular formula is C23H23N3O3. The van der Waals surface area contributed by atoms with Crippen LogP contribution in [0.2, 0.25) is 0 Å². The molecule has 1 aliphatic rings. The predicted octanol–water partition coefficient (Wildman–Crippen LogP) is 2.47. The number of rotatable bonds is 4. The zero-order valence-corrected chi connectivity index (χ0v) is 16.5. The fourth-order valence-electron chi connectivity index (χ4n) is 3.12. The third-order valence-electron chi connectivity index (χ3n) is 4.63. The van der Waals surface area contributed by atoms with Gasteiger partial charge in [-0.1, -0.05) is 29.5 Å². The summed E-state index contributed by atoms with van der Waals surface area (Å²) in [6.45, 7) is 4.03. The lowest BCUT2D eigenvalue weighted by Crippen LogP contribution is -2.33. The summed E-state index contributed by atoms with van der Waals surface area (Å²) in [5.74, 6) is 5.17. The first-order valence-corrected chi connectivity index (χ1v) is 9.43. The molecule has 0 saturated carbocycles. The number of hydrogen-bond donors (Lipinski definition) is 2. The molecule has 3 rings (SSSR count). The molecule has 0 spiro atoms. The molecule has 3 amide bonds. The Labute approximate surface area is 170 Å². The number of amides is 3. The van der Waals surface area contributed by atoms with E-state index in [-0.39, 0.29) is 36.6 Å². The van der Waals surface area contributed by atoms with E-state index < -0.39 is 0 Å². The van der Waals surface area contributed by atoms with E-state index in [0.29, 0.717) is 12.2 Å². The number of anilines is 2. The van der Waals surface area contributed by atoms with Gasteiger partial charge >= 0.3 is 0 Å². The third-order valence-corrected chi connectivity index (χ3v) is 4.63. The summed E-state index contributed by atoms with van der Waals surface area (Å²) in [4.78, 5) is 37.3. The maximum Gasteiger partial charge on any atom is 0.227 e. The van der Waals surface area contributed by atoms with Gasteiger partial charge in [0.1, 0.15) is 0 Å². The Hall–Kier alpha value is -3.59. The van der Waals surface area contributed by atoms with Crippen molar-refractivity contribution in [1.82, 2.24) is 5.32 Å². The number of hydrogen-bond acceptors (Lipinski definition) is 3. The first-order chi connectivity index (χ1) is 13.9. The maximum atomic E-state index is 12.4. The van der Waals surface area contributed by atoms with Gasteiger partial charge < -0.3 is 15.5 Å². The zero-order chi connectivity index (χ0) is 20.8. The second-order valence-electron chi connectivity index (χ2n) is 7.02. The van der Waals surface area contributed by atoms with Crippen LogP contribution in [0.15, 0.2) is 48.5 Å². The van der Waals surface area contributed by atoms with Crippen LogP contribution >= 0.6 is 0 Å². The second-order valence-corrected chi connectivity index (χ2v) is 7.02. The Bertz CT molecular complexity index is 969. The average Bonchev–Trinajstić information content (AvgIpc) is 3.08. The molecule has 0 bridgehead atoms. The minimum absolute atomic E-state index is 0.0423. The molecule has 1 unspecified atom stereocenters. The van der Waals surface area contributed by atoms with E-state index in [9.17, 15) is 14.4 Å². The number of benzene rings is 2. The van der Waals surface area contributed by atoms with Gasteiger partial charge in [0.15, 0.2) is 0 Å². The summed E-state index contributed by atoms with van der Waals surface area (Å²) in [5, 5.41) is 5.48. The van der Waals surface area contributed by atoms with Gasteiger partial charge in [-0.3, -0.25) is 14.4 Å². The highest BCUT2D eigenvalue weighted by molar-refractivity contribution is 6.00. The van der Waals surface area contributed by atoms with Crippen LogP contribution in [0.25, 0.3) is 0 Å². The lowest BCUT2D eigenvalue weighted by Gasteiger charge is -2.16. The van der Waals surface area contributed by atoms with E-state index >= 15 is 0 Å². The van der Waals surface area contributed by atoms with E-state index in [2.05, 4.69) is 22.5 Å². The molecule has 1 heterocycles. The van der Waals surface area contributed by atoms with E-state index in [1.54, 1.807) is 29.2 Å². The summed E-state index contributed by atoms with van der Waals surface area (Å²) in [6, 6.07) is 14.8. The number of carbonyl (C=O) groups excluding carboxylic acids is 3. The van der Waals surface area contributed by atoms with Crippen LogP contribution in [0.3, 0.4) is 0 Å². The topological polar surface area (TPSA) is 78.5 Å². The average molecular weight is 389 g/mol. The molecule has 148 valence electrons. The Morgan fingerprint density at radius 2 is 1.79 bits per heavy atom. The number of nitrogens with zero attached hydrogens (tertiary/aromatic N) is 1. The minimum Gasteiger partial charge on any atom is -0.345 e. The van der Waals surface area contributed by atoms with E-state index in [0.717, 1.165) is 16.8 Å². The predicted molar refractivity (Wildman–Crippen MR) is 112 cm³/mol. The molecule has 29 heavy (non-hydrogen) atoms. The van der Waals surface area contributed by atoms with E-state index in [1.807, 2.05) is 31.2 Å². The normalized spacial score (nSPS) is 15.4. The van der Waals surface area contributed by atoms with E-state index in [4.69, 9.17) is 0 Å². The Morgan fingerprint density at radius 1 is 1.10 bits per heavy atom. The fourth-order valence-corrected chi connectivity index (χ4v) is 3.12. The van der Waals surface area contributed by atoms with Gasteiger partial charge in [-0.15, -0.1) is 0 Å².